The van der Waals surface area contributed by atoms with Gasteiger partial charge in [-0.2, -0.15) is 0 Å². The Balaban J connectivity index is 2.64. The molecule has 1 rings (SSSR count). The number of likely N-dealkylation sites (N-methyl/N-ethyl adjacent to an activating group) is 1. The maximum atomic E-state index is 10.9. The highest BCUT2D eigenvalue weighted by molar-refractivity contribution is 5.77. The summed E-state index contributed by atoms with van der Waals surface area (Å²) >= 11 is 0. The molecule has 0 radical (unpaired) electrons. The number of amides is 2. The minimum Gasteiger partial charge on any atom is -0.394 e. The van der Waals surface area contributed by atoms with E-state index in [0.717, 1.165) is 0 Å². The Morgan fingerprint density at radius 3 is 2.55 bits per heavy atom. The van der Waals surface area contributed by atoms with Crippen LogP contribution in [0, 0.1) is 0 Å². The van der Waals surface area contributed by atoms with Gasteiger partial charge in [0.25, 0.3) is 0 Å². The van der Waals surface area contributed by atoms with Gasteiger partial charge in [0.05, 0.1) is 25.3 Å². The number of aliphatic hydroxyl groups is 2. The maximum Gasteiger partial charge on any atom is 0.317 e. The molecule has 2 atom stereocenters. The number of carbonyl (C=O) groups is 1. The molecule has 1 saturated heterocycles. The number of hydrogen-bond donors (Lipinski definition) is 3. The standard InChI is InChI=1S/C6H12N2O3/c1-8-5(3-10)4(2-9)7-6(8)11/h4-5,9-10H,2-3H2,1H3,(H,7,11)/t4-,5-/m1/s1. The van der Waals surface area contributed by atoms with Gasteiger partial charge >= 0.3 is 6.03 Å². The zero-order valence-corrected chi connectivity index (χ0v) is 6.32. The van der Waals surface area contributed by atoms with Gasteiger partial charge in [0.2, 0.25) is 0 Å². The molecule has 5 heteroatoms. The third kappa shape index (κ3) is 1.29. The second-order valence-corrected chi connectivity index (χ2v) is 2.60. The number of urea groups is 1. The molecule has 0 bridgehead atoms. The van der Waals surface area contributed by atoms with Gasteiger partial charge in [0.15, 0.2) is 0 Å². The van der Waals surface area contributed by atoms with E-state index in [0.29, 0.717) is 0 Å². The first-order valence-corrected chi connectivity index (χ1v) is 3.45. The molecule has 0 aromatic rings. The van der Waals surface area contributed by atoms with Crippen LogP contribution < -0.4 is 5.32 Å². The molecule has 0 spiro atoms. The second-order valence-electron chi connectivity index (χ2n) is 2.60. The number of carbonyl (C=O) groups excluding carboxylic acids is 1. The van der Waals surface area contributed by atoms with E-state index in [9.17, 15) is 4.79 Å². The van der Waals surface area contributed by atoms with E-state index in [2.05, 4.69) is 5.32 Å². The first-order chi connectivity index (χ1) is 5.20. The molecule has 0 unspecified atom stereocenters. The Hall–Kier alpha value is -0.810. The van der Waals surface area contributed by atoms with Crippen molar-refractivity contribution in [1.29, 1.82) is 0 Å². The van der Waals surface area contributed by atoms with Crippen LogP contribution in [0.5, 0.6) is 0 Å². The fraction of sp³-hybridized carbons (Fsp3) is 0.833. The van der Waals surface area contributed by atoms with Gasteiger partial charge < -0.3 is 20.4 Å². The SMILES string of the molecule is CN1C(=O)N[C@H](CO)[C@H]1CO. The average Bonchev–Trinajstić information content (AvgIpc) is 2.28. The van der Waals surface area contributed by atoms with Crippen LogP contribution in [0.25, 0.3) is 0 Å². The van der Waals surface area contributed by atoms with Crippen molar-refractivity contribution in [2.75, 3.05) is 20.3 Å². The summed E-state index contributed by atoms with van der Waals surface area (Å²) in [6.45, 7) is -0.262. The van der Waals surface area contributed by atoms with E-state index in [1.54, 1.807) is 7.05 Å². The fourth-order valence-electron chi connectivity index (χ4n) is 1.19. The van der Waals surface area contributed by atoms with Crippen molar-refractivity contribution in [2.45, 2.75) is 12.1 Å². The average molecular weight is 160 g/mol. The molecule has 1 fully saturated rings. The normalized spacial score (nSPS) is 30.8. The monoisotopic (exact) mass is 160 g/mol. The lowest BCUT2D eigenvalue weighted by Gasteiger charge is -2.18. The third-order valence-corrected chi connectivity index (χ3v) is 1.97. The van der Waals surface area contributed by atoms with Crippen molar-refractivity contribution in [3.8, 4) is 0 Å². The topological polar surface area (TPSA) is 72.8 Å². The van der Waals surface area contributed by atoms with Crippen LogP contribution in [0.2, 0.25) is 0 Å². The van der Waals surface area contributed by atoms with Crippen molar-refractivity contribution >= 4 is 6.03 Å². The Labute approximate surface area is 64.6 Å². The van der Waals surface area contributed by atoms with Crippen molar-refractivity contribution < 1.29 is 15.0 Å². The van der Waals surface area contributed by atoms with E-state index in [4.69, 9.17) is 10.2 Å². The molecular weight excluding hydrogens is 148 g/mol. The molecule has 0 saturated carbocycles. The van der Waals surface area contributed by atoms with Gasteiger partial charge in [0.1, 0.15) is 0 Å². The van der Waals surface area contributed by atoms with Crippen molar-refractivity contribution in [1.82, 2.24) is 10.2 Å². The Morgan fingerprint density at radius 1 is 1.55 bits per heavy atom. The minimum atomic E-state index is -0.336. The molecular formula is C6H12N2O3. The maximum absolute atomic E-state index is 10.9. The van der Waals surface area contributed by atoms with Crippen LogP contribution in [-0.4, -0.2) is 53.5 Å². The van der Waals surface area contributed by atoms with Crippen LogP contribution in [0.3, 0.4) is 0 Å². The van der Waals surface area contributed by atoms with Crippen molar-refractivity contribution in [2.24, 2.45) is 0 Å². The Morgan fingerprint density at radius 2 is 2.18 bits per heavy atom. The van der Waals surface area contributed by atoms with Crippen LogP contribution in [0.15, 0.2) is 0 Å². The van der Waals surface area contributed by atoms with E-state index in [1.165, 1.54) is 4.90 Å². The Bertz CT molecular complexity index is 162. The fourth-order valence-corrected chi connectivity index (χ4v) is 1.19. The quantitative estimate of drug-likeness (QED) is 0.454. The predicted molar refractivity (Wildman–Crippen MR) is 38.0 cm³/mol. The molecule has 0 aromatic carbocycles. The van der Waals surface area contributed by atoms with E-state index in [-0.39, 0.29) is 31.3 Å². The Kier molecular flexibility index (Phi) is 2.31. The molecule has 5 nitrogen and oxygen atoms in total. The van der Waals surface area contributed by atoms with Crippen LogP contribution in [0.4, 0.5) is 4.79 Å². The van der Waals surface area contributed by atoms with Gasteiger partial charge in [-0.15, -0.1) is 0 Å². The largest absolute Gasteiger partial charge is 0.394 e. The van der Waals surface area contributed by atoms with Crippen molar-refractivity contribution in [3.05, 3.63) is 0 Å². The summed E-state index contributed by atoms with van der Waals surface area (Å²) in [5.41, 5.74) is 0. The summed E-state index contributed by atoms with van der Waals surface area (Å²) in [6.07, 6.45) is 0. The lowest BCUT2D eigenvalue weighted by atomic mass is 10.1. The van der Waals surface area contributed by atoms with Gasteiger partial charge in [0, 0.05) is 7.05 Å². The minimum absolute atomic E-state index is 0.125. The number of rotatable bonds is 2. The molecule has 1 aliphatic heterocycles. The number of nitrogens with one attached hydrogen (secondary N) is 1. The highest BCUT2D eigenvalue weighted by Gasteiger charge is 2.35. The summed E-state index contributed by atoms with van der Waals surface area (Å²) in [6, 6.07) is -0.881. The van der Waals surface area contributed by atoms with Crippen LogP contribution in [-0.2, 0) is 0 Å². The number of nitrogens with zero attached hydrogens (tertiary/aromatic N) is 1. The smallest absolute Gasteiger partial charge is 0.317 e. The van der Waals surface area contributed by atoms with Gasteiger partial charge in [-0.25, -0.2) is 4.79 Å². The summed E-state index contributed by atoms with van der Waals surface area (Å²) in [7, 11) is 1.59. The zero-order chi connectivity index (χ0) is 8.43. The van der Waals surface area contributed by atoms with E-state index < -0.39 is 0 Å². The zero-order valence-electron chi connectivity index (χ0n) is 6.32. The first kappa shape index (κ1) is 8.29. The lowest BCUT2D eigenvalue weighted by Crippen LogP contribution is -2.39. The molecule has 11 heavy (non-hydrogen) atoms. The predicted octanol–water partition coefficient (Wildman–Crippen LogP) is -1.64. The molecule has 1 heterocycles. The van der Waals surface area contributed by atoms with Crippen LogP contribution >= 0.6 is 0 Å². The summed E-state index contributed by atoms with van der Waals surface area (Å²) in [5, 5.41) is 20.1. The van der Waals surface area contributed by atoms with Gasteiger partial charge in [-0.3, -0.25) is 0 Å². The molecule has 0 aliphatic carbocycles. The summed E-state index contributed by atoms with van der Waals surface area (Å²) < 4.78 is 0. The molecule has 0 aromatic heterocycles. The first-order valence-electron chi connectivity index (χ1n) is 3.45. The lowest BCUT2D eigenvalue weighted by molar-refractivity contribution is 0.149. The van der Waals surface area contributed by atoms with E-state index in [1.807, 2.05) is 0 Å². The number of hydrogen-bond acceptors (Lipinski definition) is 3. The van der Waals surface area contributed by atoms with Crippen LogP contribution in [0.1, 0.15) is 0 Å². The second kappa shape index (κ2) is 3.06. The van der Waals surface area contributed by atoms with Gasteiger partial charge in [-0.05, 0) is 0 Å². The molecule has 64 valence electrons. The van der Waals surface area contributed by atoms with Crippen molar-refractivity contribution in [3.63, 3.8) is 0 Å². The highest BCUT2D eigenvalue weighted by atomic mass is 16.3. The summed E-state index contributed by atoms with van der Waals surface area (Å²) in [4.78, 5) is 12.3. The molecule has 3 N–H and O–H groups in total. The molecule has 2 amide bonds. The number of aliphatic hydroxyl groups excluding tert-OH is 2. The highest BCUT2D eigenvalue weighted by Crippen LogP contribution is 2.09. The van der Waals surface area contributed by atoms with E-state index >= 15 is 0 Å². The summed E-state index contributed by atoms with van der Waals surface area (Å²) in [5.74, 6) is 0. The third-order valence-electron chi connectivity index (χ3n) is 1.97. The van der Waals surface area contributed by atoms with Gasteiger partial charge in [-0.1, -0.05) is 0 Å². The molecule has 1 aliphatic rings.